The Balaban J connectivity index is 1.86. The van der Waals surface area contributed by atoms with Gasteiger partial charge in [0.05, 0.1) is 31.0 Å². The van der Waals surface area contributed by atoms with Crippen molar-refractivity contribution in [1.29, 1.82) is 5.26 Å². The number of nitrogens with zero attached hydrogens (tertiary/aromatic N) is 2. The Labute approximate surface area is 155 Å². The van der Waals surface area contributed by atoms with Crippen LogP contribution in [0.1, 0.15) is 41.1 Å². The van der Waals surface area contributed by atoms with Crippen molar-refractivity contribution in [3.05, 3.63) is 59.0 Å². The maximum atomic E-state index is 12.9. The fourth-order valence-corrected chi connectivity index (χ4v) is 2.91. The second-order valence-corrected chi connectivity index (χ2v) is 6.11. The number of esters is 1. The minimum atomic E-state index is -1.28. The smallest absolute Gasteiger partial charge is 0.341 e. The van der Waals surface area contributed by atoms with Gasteiger partial charge in [0.1, 0.15) is 16.9 Å². The molecule has 2 heterocycles. The van der Waals surface area contributed by atoms with E-state index in [4.69, 9.17) is 14.4 Å². The highest BCUT2D eigenvalue weighted by molar-refractivity contribution is 6.07. The van der Waals surface area contributed by atoms with Crippen LogP contribution >= 0.6 is 0 Å². The monoisotopic (exact) mass is 367 g/mol. The van der Waals surface area contributed by atoms with Crippen molar-refractivity contribution in [3.8, 4) is 6.07 Å². The SMILES string of the molecule is CCOC(=O)c1ccoc1CN1C(=O)NC(C)(c2ccc(C#N)cc2)C1=O. The van der Waals surface area contributed by atoms with Crippen molar-refractivity contribution >= 4 is 17.9 Å². The summed E-state index contributed by atoms with van der Waals surface area (Å²) in [5.74, 6) is -0.896. The molecule has 1 atom stereocenters. The third kappa shape index (κ3) is 3.15. The Kier molecular flexibility index (Phi) is 4.69. The minimum Gasteiger partial charge on any atom is -0.467 e. The Morgan fingerprint density at radius 3 is 2.63 bits per heavy atom. The number of ether oxygens (including phenoxy) is 1. The number of hydrogen-bond acceptors (Lipinski definition) is 6. The van der Waals surface area contributed by atoms with E-state index in [9.17, 15) is 14.4 Å². The van der Waals surface area contributed by atoms with Crippen molar-refractivity contribution in [3.63, 3.8) is 0 Å². The number of nitriles is 1. The zero-order valence-corrected chi connectivity index (χ0v) is 14.8. The molecule has 0 bridgehead atoms. The maximum absolute atomic E-state index is 12.9. The van der Waals surface area contributed by atoms with E-state index < -0.39 is 23.4 Å². The zero-order chi connectivity index (χ0) is 19.6. The van der Waals surface area contributed by atoms with Crippen LogP contribution in [0.5, 0.6) is 0 Å². The van der Waals surface area contributed by atoms with Crippen LogP contribution in [-0.4, -0.2) is 29.4 Å². The van der Waals surface area contributed by atoms with Crippen molar-refractivity contribution in [2.24, 2.45) is 0 Å². The van der Waals surface area contributed by atoms with E-state index >= 15 is 0 Å². The molecular formula is C19H17N3O5. The average Bonchev–Trinajstić information content (AvgIpc) is 3.21. The van der Waals surface area contributed by atoms with Crippen LogP contribution in [-0.2, 0) is 21.6 Å². The van der Waals surface area contributed by atoms with Gasteiger partial charge < -0.3 is 14.5 Å². The number of amides is 3. The summed E-state index contributed by atoms with van der Waals surface area (Å²) in [5.41, 5.74) is -0.107. The van der Waals surface area contributed by atoms with Crippen molar-refractivity contribution in [2.45, 2.75) is 25.9 Å². The van der Waals surface area contributed by atoms with E-state index in [1.807, 2.05) is 6.07 Å². The molecule has 0 spiro atoms. The Hall–Kier alpha value is -3.60. The Morgan fingerprint density at radius 1 is 1.30 bits per heavy atom. The van der Waals surface area contributed by atoms with Crippen molar-refractivity contribution in [2.75, 3.05) is 6.61 Å². The summed E-state index contributed by atoms with van der Waals surface area (Å²) in [4.78, 5) is 38.3. The molecule has 8 heteroatoms. The highest BCUT2D eigenvalue weighted by Crippen LogP contribution is 2.30. The number of imide groups is 1. The molecule has 1 unspecified atom stereocenters. The van der Waals surface area contributed by atoms with Crippen molar-refractivity contribution < 1.29 is 23.5 Å². The predicted molar refractivity (Wildman–Crippen MR) is 92.3 cm³/mol. The van der Waals surface area contributed by atoms with Gasteiger partial charge in [0, 0.05) is 0 Å². The molecule has 1 saturated heterocycles. The first-order valence-electron chi connectivity index (χ1n) is 8.29. The topological polar surface area (TPSA) is 113 Å². The first-order chi connectivity index (χ1) is 12.9. The lowest BCUT2D eigenvalue weighted by molar-refractivity contribution is -0.131. The average molecular weight is 367 g/mol. The molecule has 3 amide bonds. The first-order valence-corrected chi connectivity index (χ1v) is 8.29. The highest BCUT2D eigenvalue weighted by atomic mass is 16.5. The summed E-state index contributed by atoms with van der Waals surface area (Å²) in [6.07, 6.45) is 1.31. The zero-order valence-electron chi connectivity index (χ0n) is 14.8. The first kappa shape index (κ1) is 18.2. The Bertz CT molecular complexity index is 941. The quantitative estimate of drug-likeness (QED) is 0.641. The van der Waals surface area contributed by atoms with Gasteiger partial charge in [0.25, 0.3) is 5.91 Å². The molecule has 138 valence electrons. The van der Waals surface area contributed by atoms with Crippen LogP contribution in [0, 0.1) is 11.3 Å². The molecule has 1 aliphatic rings. The number of furan rings is 1. The number of nitrogens with one attached hydrogen (secondary N) is 1. The number of carbonyl (C=O) groups is 3. The molecular weight excluding hydrogens is 350 g/mol. The van der Waals surface area contributed by atoms with Gasteiger partial charge >= 0.3 is 12.0 Å². The Morgan fingerprint density at radius 2 is 2.00 bits per heavy atom. The largest absolute Gasteiger partial charge is 0.467 e. The van der Waals surface area contributed by atoms with E-state index in [0.717, 1.165) is 4.90 Å². The minimum absolute atomic E-state index is 0.168. The van der Waals surface area contributed by atoms with Crippen LogP contribution < -0.4 is 5.32 Å². The van der Waals surface area contributed by atoms with Crippen LogP contribution in [0.25, 0.3) is 0 Å². The summed E-state index contributed by atoms with van der Waals surface area (Å²) in [6.45, 7) is 3.27. The van der Waals surface area contributed by atoms with Gasteiger partial charge in [-0.15, -0.1) is 0 Å². The third-order valence-corrected chi connectivity index (χ3v) is 4.41. The van der Waals surface area contributed by atoms with Gasteiger partial charge in [-0.1, -0.05) is 12.1 Å². The number of hydrogen-bond donors (Lipinski definition) is 1. The molecule has 0 aliphatic carbocycles. The lowest BCUT2D eigenvalue weighted by atomic mass is 9.91. The third-order valence-electron chi connectivity index (χ3n) is 4.41. The van der Waals surface area contributed by atoms with Crippen LogP contribution in [0.2, 0.25) is 0 Å². The van der Waals surface area contributed by atoms with E-state index in [-0.39, 0.29) is 24.5 Å². The van der Waals surface area contributed by atoms with Gasteiger partial charge in [-0.3, -0.25) is 9.69 Å². The van der Waals surface area contributed by atoms with Crippen LogP contribution in [0.15, 0.2) is 41.0 Å². The summed E-state index contributed by atoms with van der Waals surface area (Å²) in [5, 5.41) is 11.6. The fraction of sp³-hybridized carbons (Fsp3) is 0.263. The van der Waals surface area contributed by atoms with Crippen LogP contribution in [0.4, 0.5) is 4.79 Å². The molecule has 0 radical (unpaired) electrons. The van der Waals surface area contributed by atoms with Crippen molar-refractivity contribution in [1.82, 2.24) is 10.2 Å². The number of urea groups is 1. The second-order valence-electron chi connectivity index (χ2n) is 6.11. The van der Waals surface area contributed by atoms with Gasteiger partial charge in [0.15, 0.2) is 0 Å². The number of rotatable bonds is 5. The van der Waals surface area contributed by atoms with Gasteiger partial charge in [-0.25, -0.2) is 9.59 Å². The number of carbonyl (C=O) groups excluding carboxylic acids is 3. The predicted octanol–water partition coefficient (Wildman–Crippen LogP) is 2.30. The van der Waals surface area contributed by atoms with Gasteiger partial charge in [-0.2, -0.15) is 5.26 Å². The molecule has 2 aromatic rings. The lowest BCUT2D eigenvalue weighted by Gasteiger charge is -2.22. The molecule has 1 N–H and O–H groups in total. The molecule has 1 aromatic carbocycles. The summed E-state index contributed by atoms with van der Waals surface area (Å²) in [7, 11) is 0. The van der Waals surface area contributed by atoms with E-state index in [2.05, 4.69) is 5.32 Å². The van der Waals surface area contributed by atoms with Gasteiger partial charge in [-0.05, 0) is 37.6 Å². The standard InChI is InChI=1S/C19H17N3O5/c1-3-26-16(23)14-8-9-27-15(14)11-22-17(24)19(2,21-18(22)25)13-6-4-12(10-20)5-7-13/h4-9H,3,11H2,1-2H3,(H,21,25). The summed E-state index contributed by atoms with van der Waals surface area (Å²) in [6, 6.07) is 9.24. The van der Waals surface area contributed by atoms with Crippen LogP contribution in [0.3, 0.4) is 0 Å². The highest BCUT2D eigenvalue weighted by Gasteiger charge is 2.49. The summed E-state index contributed by atoms with van der Waals surface area (Å²) < 4.78 is 10.2. The summed E-state index contributed by atoms with van der Waals surface area (Å²) >= 11 is 0. The molecule has 27 heavy (non-hydrogen) atoms. The molecule has 3 rings (SSSR count). The van der Waals surface area contributed by atoms with E-state index in [0.29, 0.717) is 11.1 Å². The molecule has 1 aromatic heterocycles. The second kappa shape index (κ2) is 6.96. The fourth-order valence-electron chi connectivity index (χ4n) is 2.91. The maximum Gasteiger partial charge on any atom is 0.341 e. The lowest BCUT2D eigenvalue weighted by Crippen LogP contribution is -2.40. The molecule has 0 saturated carbocycles. The molecule has 1 fully saturated rings. The molecule has 1 aliphatic heterocycles. The number of benzene rings is 1. The van der Waals surface area contributed by atoms with E-state index in [1.165, 1.54) is 12.3 Å². The van der Waals surface area contributed by atoms with Gasteiger partial charge in [0.2, 0.25) is 0 Å². The molecule has 8 nitrogen and oxygen atoms in total. The normalized spacial score (nSPS) is 18.9. The van der Waals surface area contributed by atoms with E-state index in [1.54, 1.807) is 38.1 Å².